The van der Waals surface area contributed by atoms with Gasteiger partial charge < -0.3 is 4.42 Å². The first-order chi connectivity index (χ1) is 11.4. The highest BCUT2D eigenvalue weighted by Gasteiger charge is 2.46. The van der Waals surface area contributed by atoms with Crippen LogP contribution >= 0.6 is 0 Å². The van der Waals surface area contributed by atoms with Crippen LogP contribution in [0.5, 0.6) is 0 Å². The average molecular weight is 331 g/mol. The smallest absolute Gasteiger partial charge is 0.334 e. The molecule has 1 saturated heterocycles. The number of carbonyl (C=O) groups is 3. The third-order valence-corrected chi connectivity index (χ3v) is 3.58. The van der Waals surface area contributed by atoms with Crippen LogP contribution in [0.3, 0.4) is 0 Å². The Labute approximate surface area is 136 Å². The molecule has 0 radical (unpaired) electrons. The average Bonchev–Trinajstić information content (AvgIpc) is 3.08. The normalized spacial score (nSPS) is 15.1. The molecule has 8 heteroatoms. The summed E-state index contributed by atoms with van der Waals surface area (Å²) in [7, 11) is 0. The van der Waals surface area contributed by atoms with Gasteiger partial charge in [0.25, 0.3) is 0 Å². The minimum atomic E-state index is -0.907. The van der Waals surface area contributed by atoms with E-state index in [1.165, 1.54) is 30.5 Å². The van der Waals surface area contributed by atoms with Gasteiger partial charge in [-0.15, -0.1) is 0 Å². The van der Waals surface area contributed by atoms with Crippen molar-refractivity contribution in [2.24, 2.45) is 0 Å². The summed E-state index contributed by atoms with van der Waals surface area (Å²) >= 11 is 0. The van der Waals surface area contributed by atoms with Crippen molar-refractivity contribution >= 4 is 17.8 Å². The lowest BCUT2D eigenvalue weighted by Crippen LogP contribution is -2.37. The van der Waals surface area contributed by atoms with Crippen molar-refractivity contribution in [3.05, 3.63) is 42.2 Å². The van der Waals surface area contributed by atoms with Crippen LogP contribution in [0, 0.1) is 5.82 Å². The predicted octanol–water partition coefficient (Wildman–Crippen LogP) is 2.18. The molecule has 1 fully saturated rings. The molecule has 124 valence electrons. The van der Waals surface area contributed by atoms with Crippen molar-refractivity contribution in [1.82, 2.24) is 14.8 Å². The molecule has 0 spiro atoms. The zero-order chi connectivity index (χ0) is 17.4. The quantitative estimate of drug-likeness (QED) is 0.633. The van der Waals surface area contributed by atoms with Crippen LogP contribution < -0.4 is 0 Å². The number of rotatable bonds is 4. The van der Waals surface area contributed by atoms with Gasteiger partial charge in [0.1, 0.15) is 12.4 Å². The Kier molecular flexibility index (Phi) is 3.88. The Morgan fingerprint density at radius 3 is 2.38 bits per heavy atom. The van der Waals surface area contributed by atoms with Gasteiger partial charge in [0, 0.05) is 11.6 Å². The minimum Gasteiger partial charge on any atom is -0.439 e. The molecule has 0 unspecified atom stereocenters. The number of imide groups is 2. The van der Waals surface area contributed by atoms with Gasteiger partial charge in [0.05, 0.1) is 6.20 Å². The molecule has 3 rings (SSSR count). The third kappa shape index (κ3) is 2.66. The van der Waals surface area contributed by atoms with E-state index in [9.17, 15) is 18.8 Å². The fourth-order valence-corrected chi connectivity index (χ4v) is 2.38. The molecule has 7 nitrogen and oxygen atoms in total. The monoisotopic (exact) mass is 331 g/mol. The molecule has 0 saturated carbocycles. The Balaban J connectivity index is 1.80. The molecule has 2 aromatic rings. The number of oxazole rings is 1. The highest BCUT2D eigenvalue weighted by molar-refractivity contribution is 6.44. The molecule has 4 amide bonds. The number of carbonyl (C=O) groups excluding carboxylic acids is 3. The molecular formula is C16H14FN3O4. The van der Waals surface area contributed by atoms with Gasteiger partial charge in [-0.1, -0.05) is 0 Å². The summed E-state index contributed by atoms with van der Waals surface area (Å²) in [5, 5.41) is 0. The Morgan fingerprint density at radius 1 is 1.12 bits per heavy atom. The van der Waals surface area contributed by atoms with Gasteiger partial charge in [0.15, 0.2) is 5.76 Å². The number of hydrogen-bond acceptors (Lipinski definition) is 5. The molecule has 0 aliphatic carbocycles. The third-order valence-electron chi connectivity index (χ3n) is 3.58. The van der Waals surface area contributed by atoms with Crippen LogP contribution in [-0.2, 0) is 16.1 Å². The molecule has 1 aliphatic rings. The molecule has 1 aromatic carbocycles. The minimum absolute atomic E-state index is 0.106. The fraction of sp³-hybridized carbons (Fsp3) is 0.250. The van der Waals surface area contributed by atoms with Gasteiger partial charge in [-0.2, -0.15) is 0 Å². The van der Waals surface area contributed by atoms with Crippen molar-refractivity contribution in [2.45, 2.75) is 26.4 Å². The molecule has 0 bridgehead atoms. The Bertz CT molecular complexity index is 813. The Morgan fingerprint density at radius 2 is 1.79 bits per heavy atom. The SMILES string of the molecule is CC(C)N1C(=O)C(=O)N(Cc2ncc(-c3ccc(F)cc3)o2)C1=O. The first-order valence-electron chi connectivity index (χ1n) is 7.28. The number of benzene rings is 1. The summed E-state index contributed by atoms with van der Waals surface area (Å²) in [6.07, 6.45) is 1.41. The lowest BCUT2D eigenvalue weighted by molar-refractivity contribution is -0.144. The van der Waals surface area contributed by atoms with E-state index < -0.39 is 23.9 Å². The second-order valence-electron chi connectivity index (χ2n) is 5.57. The zero-order valence-electron chi connectivity index (χ0n) is 13.0. The van der Waals surface area contributed by atoms with Crippen molar-refractivity contribution in [2.75, 3.05) is 0 Å². The predicted molar refractivity (Wildman–Crippen MR) is 79.8 cm³/mol. The van der Waals surface area contributed by atoms with Gasteiger partial charge in [-0.25, -0.2) is 19.1 Å². The van der Waals surface area contributed by atoms with Crippen molar-refractivity contribution < 1.29 is 23.2 Å². The molecule has 0 N–H and O–H groups in total. The number of aromatic nitrogens is 1. The number of halogens is 1. The molecule has 24 heavy (non-hydrogen) atoms. The van der Waals surface area contributed by atoms with E-state index in [-0.39, 0.29) is 18.3 Å². The van der Waals surface area contributed by atoms with Crippen LogP contribution in [0.25, 0.3) is 11.3 Å². The lowest BCUT2D eigenvalue weighted by atomic mass is 10.2. The summed E-state index contributed by atoms with van der Waals surface area (Å²) in [4.78, 5) is 41.7. The van der Waals surface area contributed by atoms with Crippen molar-refractivity contribution in [3.63, 3.8) is 0 Å². The first kappa shape index (κ1) is 15.9. The number of amides is 4. The molecule has 2 heterocycles. The topological polar surface area (TPSA) is 83.7 Å². The standard InChI is InChI=1S/C16H14FN3O4/c1-9(2)20-15(22)14(21)19(16(20)23)8-13-18-7-12(24-13)10-3-5-11(17)6-4-10/h3-7,9H,8H2,1-2H3. The van der Waals surface area contributed by atoms with Crippen molar-refractivity contribution in [3.8, 4) is 11.3 Å². The number of nitrogens with zero attached hydrogens (tertiary/aromatic N) is 3. The van der Waals surface area contributed by atoms with Crippen LogP contribution in [0.4, 0.5) is 9.18 Å². The summed E-state index contributed by atoms with van der Waals surface area (Å²) in [6.45, 7) is 3.04. The highest BCUT2D eigenvalue weighted by atomic mass is 19.1. The summed E-state index contributed by atoms with van der Waals surface area (Å²) < 4.78 is 18.4. The molecular weight excluding hydrogens is 317 g/mol. The molecule has 0 atom stereocenters. The first-order valence-corrected chi connectivity index (χ1v) is 7.28. The van der Waals surface area contributed by atoms with E-state index in [4.69, 9.17) is 4.42 Å². The summed E-state index contributed by atoms with van der Waals surface area (Å²) in [6, 6.07) is 4.50. The van der Waals surface area contributed by atoms with Gasteiger partial charge in [-0.05, 0) is 38.1 Å². The van der Waals surface area contributed by atoms with Crippen molar-refractivity contribution in [1.29, 1.82) is 0 Å². The summed E-state index contributed by atoms with van der Waals surface area (Å²) in [5.74, 6) is -1.67. The fourth-order valence-electron chi connectivity index (χ4n) is 2.38. The zero-order valence-corrected chi connectivity index (χ0v) is 13.0. The van der Waals surface area contributed by atoms with Crippen LogP contribution in [-0.4, -0.2) is 38.7 Å². The van der Waals surface area contributed by atoms with Crippen LogP contribution in [0.2, 0.25) is 0 Å². The van der Waals surface area contributed by atoms with Gasteiger partial charge >= 0.3 is 17.8 Å². The van der Waals surface area contributed by atoms with E-state index >= 15 is 0 Å². The van der Waals surface area contributed by atoms with Gasteiger partial charge in [0.2, 0.25) is 5.89 Å². The maximum absolute atomic E-state index is 12.9. The van der Waals surface area contributed by atoms with Crippen LogP contribution in [0.15, 0.2) is 34.9 Å². The van der Waals surface area contributed by atoms with Gasteiger partial charge in [-0.3, -0.25) is 14.5 Å². The molecule has 1 aliphatic heterocycles. The van der Waals surface area contributed by atoms with E-state index in [0.29, 0.717) is 11.3 Å². The van der Waals surface area contributed by atoms with E-state index in [0.717, 1.165) is 9.80 Å². The second kappa shape index (κ2) is 5.88. The highest BCUT2D eigenvalue weighted by Crippen LogP contribution is 2.23. The van der Waals surface area contributed by atoms with E-state index in [1.54, 1.807) is 13.8 Å². The van der Waals surface area contributed by atoms with E-state index in [2.05, 4.69) is 4.98 Å². The maximum Gasteiger partial charge on any atom is 0.334 e. The number of urea groups is 1. The number of hydrogen-bond donors (Lipinski definition) is 0. The maximum atomic E-state index is 12.9. The summed E-state index contributed by atoms with van der Waals surface area (Å²) in [5.41, 5.74) is 0.606. The van der Waals surface area contributed by atoms with E-state index in [1.807, 2.05) is 0 Å². The van der Waals surface area contributed by atoms with Crippen LogP contribution in [0.1, 0.15) is 19.7 Å². The Hall–Kier alpha value is -3.03. The molecule has 1 aromatic heterocycles. The second-order valence-corrected chi connectivity index (χ2v) is 5.57. The largest absolute Gasteiger partial charge is 0.439 e. The lowest BCUT2D eigenvalue weighted by Gasteiger charge is -2.17.